The molecule has 0 aliphatic rings. The van der Waals surface area contributed by atoms with Crippen LogP contribution < -0.4 is 16.2 Å². The molecule has 0 spiro atoms. The van der Waals surface area contributed by atoms with Crippen molar-refractivity contribution in [3.05, 3.63) is 70.1 Å². The van der Waals surface area contributed by atoms with Crippen molar-refractivity contribution < 1.29 is 4.79 Å². The molecule has 2 aromatic carbocycles. The Morgan fingerprint density at radius 3 is 2.25 bits per heavy atom. The molecule has 1 aromatic heterocycles. The van der Waals surface area contributed by atoms with E-state index in [4.69, 9.17) is 0 Å². The minimum Gasteiger partial charge on any atom is -0.331 e. The van der Waals surface area contributed by atoms with Crippen LogP contribution in [0.2, 0.25) is 0 Å². The topological polar surface area (TPSA) is 86.9 Å². The summed E-state index contributed by atoms with van der Waals surface area (Å²) in [4.78, 5) is 31.8. The predicted molar refractivity (Wildman–Crippen MR) is 150 cm³/mol. The van der Waals surface area contributed by atoms with Crippen LogP contribution in [-0.2, 0) is 6.42 Å². The number of unbranched alkanes of at least 4 members (excludes halogenated alkanes) is 10. The number of H-pyrrole nitrogens is 1. The fourth-order valence-corrected chi connectivity index (χ4v) is 4.71. The molecule has 3 rings (SSSR count). The summed E-state index contributed by atoms with van der Waals surface area (Å²) < 4.78 is 0. The smallest absolute Gasteiger partial charge is 0.322 e. The molecule has 1 atom stereocenters. The van der Waals surface area contributed by atoms with Gasteiger partial charge in [-0.05, 0) is 36.1 Å². The van der Waals surface area contributed by atoms with Crippen molar-refractivity contribution in [1.29, 1.82) is 0 Å². The number of benzene rings is 2. The SMILES string of the molecule is CCCCCCCCCCCCCc1cc(=O)[nH]c(NC(=O)N[C@@H](C)c2cccc3ccccc23)n1. The van der Waals surface area contributed by atoms with E-state index in [9.17, 15) is 9.59 Å². The van der Waals surface area contributed by atoms with Gasteiger partial charge in [0.15, 0.2) is 0 Å². The third kappa shape index (κ3) is 9.14. The summed E-state index contributed by atoms with van der Waals surface area (Å²) in [6.07, 6.45) is 14.8. The maximum Gasteiger partial charge on any atom is 0.322 e. The van der Waals surface area contributed by atoms with Crippen molar-refractivity contribution in [1.82, 2.24) is 15.3 Å². The van der Waals surface area contributed by atoms with Crippen LogP contribution in [0.3, 0.4) is 0 Å². The minimum absolute atomic E-state index is 0.184. The van der Waals surface area contributed by atoms with Crippen molar-refractivity contribution >= 4 is 22.8 Å². The summed E-state index contributed by atoms with van der Waals surface area (Å²) >= 11 is 0. The van der Waals surface area contributed by atoms with E-state index >= 15 is 0 Å². The average molecular weight is 491 g/mol. The van der Waals surface area contributed by atoms with Crippen LogP contribution in [0.5, 0.6) is 0 Å². The number of aryl methyl sites for hydroxylation is 1. The molecular formula is C30H42N4O2. The van der Waals surface area contributed by atoms with E-state index in [2.05, 4.69) is 45.7 Å². The van der Waals surface area contributed by atoms with E-state index < -0.39 is 6.03 Å². The van der Waals surface area contributed by atoms with Crippen molar-refractivity contribution in [2.45, 2.75) is 96.9 Å². The van der Waals surface area contributed by atoms with Crippen molar-refractivity contribution in [3.8, 4) is 0 Å². The van der Waals surface area contributed by atoms with Crippen LogP contribution in [0.1, 0.15) is 102 Å². The molecule has 1 heterocycles. The van der Waals surface area contributed by atoms with Gasteiger partial charge in [-0.15, -0.1) is 0 Å². The lowest BCUT2D eigenvalue weighted by atomic mass is 10.00. The highest BCUT2D eigenvalue weighted by Gasteiger charge is 2.13. The number of rotatable bonds is 15. The zero-order chi connectivity index (χ0) is 25.6. The normalized spacial score (nSPS) is 11.9. The van der Waals surface area contributed by atoms with Gasteiger partial charge >= 0.3 is 6.03 Å². The Labute approximate surface area is 215 Å². The third-order valence-electron chi connectivity index (χ3n) is 6.70. The summed E-state index contributed by atoms with van der Waals surface area (Å²) in [5, 5.41) is 7.89. The molecule has 0 aliphatic heterocycles. The molecule has 0 fully saturated rings. The van der Waals surface area contributed by atoms with Crippen molar-refractivity contribution in [2.24, 2.45) is 0 Å². The van der Waals surface area contributed by atoms with E-state index in [1.165, 1.54) is 63.9 Å². The number of aromatic nitrogens is 2. The highest BCUT2D eigenvalue weighted by atomic mass is 16.2. The molecule has 0 bridgehead atoms. The Kier molecular flexibility index (Phi) is 11.5. The van der Waals surface area contributed by atoms with Gasteiger partial charge in [-0.1, -0.05) is 114 Å². The first-order valence-electron chi connectivity index (χ1n) is 13.7. The molecule has 6 nitrogen and oxygen atoms in total. The second-order valence-corrected chi connectivity index (χ2v) is 9.76. The molecule has 6 heteroatoms. The van der Waals surface area contributed by atoms with Crippen molar-refractivity contribution in [3.63, 3.8) is 0 Å². The van der Waals surface area contributed by atoms with E-state index in [1.54, 1.807) is 0 Å². The van der Waals surface area contributed by atoms with Crippen LogP contribution in [-0.4, -0.2) is 16.0 Å². The number of nitrogens with zero attached hydrogens (tertiary/aromatic N) is 1. The lowest BCUT2D eigenvalue weighted by Crippen LogP contribution is -2.32. The third-order valence-corrected chi connectivity index (χ3v) is 6.70. The summed E-state index contributed by atoms with van der Waals surface area (Å²) in [6, 6.07) is 15.1. The quantitative estimate of drug-likeness (QED) is 0.191. The maximum absolute atomic E-state index is 12.6. The first-order chi connectivity index (χ1) is 17.6. The number of amides is 2. The minimum atomic E-state index is -0.398. The first kappa shape index (κ1) is 27.4. The number of anilines is 1. The molecule has 0 aliphatic carbocycles. The molecule has 0 unspecified atom stereocenters. The molecular weight excluding hydrogens is 448 g/mol. The van der Waals surface area contributed by atoms with E-state index in [-0.39, 0.29) is 17.5 Å². The van der Waals surface area contributed by atoms with Crippen LogP contribution in [0.25, 0.3) is 10.8 Å². The molecule has 0 saturated heterocycles. The van der Waals surface area contributed by atoms with Crippen LogP contribution in [0.4, 0.5) is 10.7 Å². The van der Waals surface area contributed by atoms with Gasteiger partial charge in [-0.25, -0.2) is 9.78 Å². The van der Waals surface area contributed by atoms with Gasteiger partial charge in [0.2, 0.25) is 5.95 Å². The van der Waals surface area contributed by atoms with Gasteiger partial charge in [0.25, 0.3) is 5.56 Å². The number of nitrogens with one attached hydrogen (secondary N) is 3. The summed E-state index contributed by atoms with van der Waals surface area (Å²) in [6.45, 7) is 4.20. The van der Waals surface area contributed by atoms with Crippen LogP contribution in [0.15, 0.2) is 53.3 Å². The molecule has 0 radical (unpaired) electrons. The van der Waals surface area contributed by atoms with Gasteiger partial charge in [0.1, 0.15) is 0 Å². The second kappa shape index (κ2) is 15.1. The largest absolute Gasteiger partial charge is 0.331 e. The molecule has 36 heavy (non-hydrogen) atoms. The maximum atomic E-state index is 12.6. The Morgan fingerprint density at radius 1 is 0.889 bits per heavy atom. The fourth-order valence-electron chi connectivity index (χ4n) is 4.71. The number of carbonyl (C=O) groups excluding carboxylic acids is 1. The van der Waals surface area contributed by atoms with Gasteiger partial charge in [-0.3, -0.25) is 15.1 Å². The number of aromatic amines is 1. The van der Waals surface area contributed by atoms with Crippen LogP contribution in [0, 0.1) is 0 Å². The Bertz CT molecular complexity index is 1140. The van der Waals surface area contributed by atoms with Crippen molar-refractivity contribution in [2.75, 3.05) is 5.32 Å². The standard InChI is InChI=1S/C30H42N4O2/c1-3-4-5-6-7-8-9-10-11-12-13-19-25-22-28(35)33-29(32-25)34-30(36)31-23(2)26-21-16-18-24-17-14-15-20-27(24)26/h14-18,20-23H,3-13,19H2,1-2H3,(H3,31,32,33,34,35,36)/t23-/m0/s1. The second-order valence-electron chi connectivity index (χ2n) is 9.76. The molecule has 194 valence electrons. The number of fused-ring (bicyclic) bond motifs is 1. The summed E-state index contributed by atoms with van der Waals surface area (Å²) in [7, 11) is 0. The highest BCUT2D eigenvalue weighted by molar-refractivity contribution is 5.89. The van der Waals surface area contributed by atoms with E-state index in [1.807, 2.05) is 31.2 Å². The Balaban J connectivity index is 1.41. The molecule has 3 N–H and O–H groups in total. The van der Waals surface area contributed by atoms with Gasteiger partial charge in [0.05, 0.1) is 6.04 Å². The van der Waals surface area contributed by atoms with E-state index in [0.717, 1.165) is 35.6 Å². The number of urea groups is 1. The molecule has 3 aromatic rings. The average Bonchev–Trinajstić information content (AvgIpc) is 2.86. The Hall–Kier alpha value is -3.15. The number of hydrogen-bond acceptors (Lipinski definition) is 3. The highest BCUT2D eigenvalue weighted by Crippen LogP contribution is 2.24. The number of carbonyl (C=O) groups is 1. The molecule has 2 amide bonds. The van der Waals surface area contributed by atoms with Gasteiger partial charge in [0, 0.05) is 11.8 Å². The fraction of sp³-hybridized carbons (Fsp3) is 0.500. The predicted octanol–water partition coefficient (Wildman–Crippen LogP) is 7.66. The lowest BCUT2D eigenvalue weighted by molar-refractivity contribution is 0.249. The first-order valence-corrected chi connectivity index (χ1v) is 13.7. The summed E-state index contributed by atoms with van der Waals surface area (Å²) in [5.41, 5.74) is 1.50. The zero-order valence-electron chi connectivity index (χ0n) is 21.9. The number of hydrogen-bond donors (Lipinski definition) is 3. The van der Waals surface area contributed by atoms with Crippen LogP contribution >= 0.6 is 0 Å². The van der Waals surface area contributed by atoms with Gasteiger partial charge in [-0.2, -0.15) is 0 Å². The lowest BCUT2D eigenvalue weighted by Gasteiger charge is -2.17. The monoisotopic (exact) mass is 490 g/mol. The summed E-state index contributed by atoms with van der Waals surface area (Å²) in [5.74, 6) is 0.184. The van der Waals surface area contributed by atoms with Gasteiger partial charge < -0.3 is 5.32 Å². The zero-order valence-corrected chi connectivity index (χ0v) is 21.9. The Morgan fingerprint density at radius 2 is 1.53 bits per heavy atom. The van der Waals surface area contributed by atoms with E-state index in [0.29, 0.717) is 5.69 Å². The molecule has 0 saturated carbocycles.